The molecule has 4 heteroatoms. The molecular formula is C14H20FNO2. The number of benzene rings is 1. The molecule has 0 saturated carbocycles. The molecule has 0 aromatic heterocycles. The Balaban J connectivity index is 3.05. The van der Waals surface area contributed by atoms with Gasteiger partial charge in [0.25, 0.3) is 0 Å². The van der Waals surface area contributed by atoms with E-state index in [0.717, 1.165) is 0 Å². The third kappa shape index (κ3) is 3.53. The van der Waals surface area contributed by atoms with E-state index in [9.17, 15) is 14.3 Å². The number of ketones is 1. The highest BCUT2D eigenvalue weighted by Crippen LogP contribution is 2.24. The lowest BCUT2D eigenvalue weighted by molar-refractivity contribution is 0.101. The van der Waals surface area contributed by atoms with Crippen LogP contribution in [0.2, 0.25) is 0 Å². The summed E-state index contributed by atoms with van der Waals surface area (Å²) < 4.78 is 13.5. The van der Waals surface area contributed by atoms with Crippen LogP contribution >= 0.6 is 0 Å². The molecule has 0 bridgehead atoms. The Morgan fingerprint density at radius 1 is 1.50 bits per heavy atom. The highest BCUT2D eigenvalue weighted by molar-refractivity contribution is 5.99. The smallest absolute Gasteiger partial charge is 0.161 e. The summed E-state index contributed by atoms with van der Waals surface area (Å²) in [6.45, 7) is 5.43. The van der Waals surface area contributed by atoms with Crippen molar-refractivity contribution in [3.8, 4) is 0 Å². The van der Waals surface area contributed by atoms with E-state index in [1.165, 1.54) is 13.0 Å². The monoisotopic (exact) mass is 253 g/mol. The van der Waals surface area contributed by atoms with Crippen molar-refractivity contribution < 1.29 is 14.3 Å². The quantitative estimate of drug-likeness (QED) is 0.820. The zero-order chi connectivity index (χ0) is 13.9. The molecule has 1 aromatic carbocycles. The molecule has 0 amide bonds. The zero-order valence-corrected chi connectivity index (χ0v) is 11.3. The van der Waals surface area contributed by atoms with E-state index in [1.807, 2.05) is 11.9 Å². The fraction of sp³-hybridized carbons (Fsp3) is 0.500. The van der Waals surface area contributed by atoms with Gasteiger partial charge in [0.1, 0.15) is 5.82 Å². The van der Waals surface area contributed by atoms with Crippen molar-refractivity contribution in [3.63, 3.8) is 0 Å². The largest absolute Gasteiger partial charge is 0.393 e. The highest BCUT2D eigenvalue weighted by atomic mass is 19.1. The molecule has 1 unspecified atom stereocenters. The van der Waals surface area contributed by atoms with Gasteiger partial charge in [-0.25, -0.2) is 4.39 Å². The SMILES string of the molecule is CC(=O)c1cc(F)c(C)cc1N(C)CCC(C)O. The van der Waals surface area contributed by atoms with Crippen molar-refractivity contribution in [2.75, 3.05) is 18.5 Å². The number of aryl methyl sites for hydroxylation is 1. The van der Waals surface area contributed by atoms with E-state index in [1.54, 1.807) is 19.9 Å². The van der Waals surface area contributed by atoms with Gasteiger partial charge in [-0.05, 0) is 44.9 Å². The number of hydrogen-bond acceptors (Lipinski definition) is 3. The van der Waals surface area contributed by atoms with Gasteiger partial charge in [0.15, 0.2) is 5.78 Å². The van der Waals surface area contributed by atoms with Gasteiger partial charge in [-0.1, -0.05) is 0 Å². The first kappa shape index (κ1) is 14.6. The molecule has 0 aliphatic carbocycles. The lowest BCUT2D eigenvalue weighted by Gasteiger charge is -2.23. The minimum atomic E-state index is -0.394. The van der Waals surface area contributed by atoms with E-state index >= 15 is 0 Å². The number of hydrogen-bond donors (Lipinski definition) is 1. The van der Waals surface area contributed by atoms with Gasteiger partial charge in [-0.3, -0.25) is 4.79 Å². The molecule has 3 nitrogen and oxygen atoms in total. The third-order valence-corrected chi connectivity index (χ3v) is 2.95. The van der Waals surface area contributed by atoms with Gasteiger partial charge in [0, 0.05) is 24.8 Å². The number of anilines is 1. The van der Waals surface area contributed by atoms with Gasteiger partial charge in [0.2, 0.25) is 0 Å². The fourth-order valence-electron chi connectivity index (χ4n) is 1.77. The van der Waals surface area contributed by atoms with Crippen LogP contribution < -0.4 is 4.90 Å². The van der Waals surface area contributed by atoms with Gasteiger partial charge < -0.3 is 10.0 Å². The van der Waals surface area contributed by atoms with Crippen LogP contribution in [-0.2, 0) is 0 Å². The normalized spacial score (nSPS) is 12.3. The molecule has 0 fully saturated rings. The Hall–Kier alpha value is -1.42. The topological polar surface area (TPSA) is 40.5 Å². The van der Waals surface area contributed by atoms with E-state index in [4.69, 9.17) is 0 Å². The molecule has 1 N–H and O–H groups in total. The molecule has 0 spiro atoms. The van der Waals surface area contributed by atoms with Gasteiger partial charge in [-0.2, -0.15) is 0 Å². The molecule has 1 rings (SSSR count). The second-order valence-corrected chi connectivity index (χ2v) is 4.73. The number of carbonyl (C=O) groups excluding carboxylic acids is 1. The van der Waals surface area contributed by atoms with Crippen LogP contribution in [0, 0.1) is 12.7 Å². The van der Waals surface area contributed by atoms with Crippen molar-refractivity contribution in [1.82, 2.24) is 0 Å². The Labute approximate surface area is 107 Å². The highest BCUT2D eigenvalue weighted by Gasteiger charge is 2.14. The molecule has 100 valence electrons. The molecule has 0 saturated heterocycles. The van der Waals surface area contributed by atoms with Crippen LogP contribution in [0.4, 0.5) is 10.1 Å². The average Bonchev–Trinajstić information content (AvgIpc) is 2.28. The zero-order valence-electron chi connectivity index (χ0n) is 11.3. The van der Waals surface area contributed by atoms with Crippen LogP contribution in [0.15, 0.2) is 12.1 Å². The number of rotatable bonds is 5. The summed E-state index contributed by atoms with van der Waals surface area (Å²) in [7, 11) is 1.83. The molecule has 18 heavy (non-hydrogen) atoms. The Morgan fingerprint density at radius 2 is 2.11 bits per heavy atom. The van der Waals surface area contributed by atoms with E-state index in [-0.39, 0.29) is 11.6 Å². The Kier molecular flexibility index (Phi) is 4.84. The second-order valence-electron chi connectivity index (χ2n) is 4.73. The van der Waals surface area contributed by atoms with Crippen molar-refractivity contribution in [2.45, 2.75) is 33.3 Å². The minimum absolute atomic E-state index is 0.159. The Morgan fingerprint density at radius 3 is 2.61 bits per heavy atom. The standard InChI is InChI=1S/C14H20FNO2/c1-9-7-14(16(4)6-5-10(2)17)12(11(3)18)8-13(9)15/h7-8,10,17H,5-6H2,1-4H3. The first-order valence-corrected chi connectivity index (χ1v) is 6.03. The maximum Gasteiger partial charge on any atom is 0.161 e. The molecular weight excluding hydrogens is 233 g/mol. The van der Waals surface area contributed by atoms with Crippen LogP contribution in [0.25, 0.3) is 0 Å². The number of aliphatic hydroxyl groups excluding tert-OH is 1. The van der Waals surface area contributed by atoms with Crippen LogP contribution in [-0.4, -0.2) is 30.6 Å². The second kappa shape index (κ2) is 5.96. The summed E-state index contributed by atoms with van der Waals surface area (Å²) in [5.41, 5.74) is 1.60. The van der Waals surface area contributed by atoms with Gasteiger partial charge >= 0.3 is 0 Å². The summed E-state index contributed by atoms with van der Waals surface area (Å²) >= 11 is 0. The molecule has 1 atom stereocenters. The first-order valence-electron chi connectivity index (χ1n) is 6.03. The maximum absolute atomic E-state index is 13.5. The summed E-state index contributed by atoms with van der Waals surface area (Å²) in [4.78, 5) is 13.4. The molecule has 0 radical (unpaired) electrons. The third-order valence-electron chi connectivity index (χ3n) is 2.95. The summed E-state index contributed by atoms with van der Waals surface area (Å²) in [5.74, 6) is -0.527. The first-order chi connectivity index (χ1) is 8.32. The van der Waals surface area contributed by atoms with Crippen molar-refractivity contribution in [1.29, 1.82) is 0 Å². The predicted molar refractivity (Wildman–Crippen MR) is 70.7 cm³/mol. The van der Waals surface area contributed by atoms with E-state index in [0.29, 0.717) is 29.8 Å². The van der Waals surface area contributed by atoms with Crippen LogP contribution in [0.3, 0.4) is 0 Å². The van der Waals surface area contributed by atoms with Gasteiger partial charge in [0.05, 0.1) is 6.10 Å². The molecule has 1 aromatic rings. The maximum atomic E-state index is 13.5. The predicted octanol–water partition coefficient (Wildman–Crippen LogP) is 2.54. The number of nitrogens with zero attached hydrogens (tertiary/aromatic N) is 1. The fourth-order valence-corrected chi connectivity index (χ4v) is 1.77. The van der Waals surface area contributed by atoms with Crippen molar-refractivity contribution in [2.24, 2.45) is 0 Å². The van der Waals surface area contributed by atoms with E-state index < -0.39 is 6.10 Å². The number of halogens is 1. The summed E-state index contributed by atoms with van der Waals surface area (Å²) in [6, 6.07) is 2.96. The number of Topliss-reactive ketones (excluding diaryl/α,β-unsaturated/α-hetero) is 1. The summed E-state index contributed by atoms with van der Waals surface area (Å²) in [5, 5.41) is 9.27. The van der Waals surface area contributed by atoms with Gasteiger partial charge in [-0.15, -0.1) is 0 Å². The van der Waals surface area contributed by atoms with E-state index in [2.05, 4.69) is 0 Å². The number of carbonyl (C=O) groups is 1. The number of aliphatic hydroxyl groups is 1. The summed E-state index contributed by atoms with van der Waals surface area (Å²) in [6.07, 6.45) is 0.208. The molecule has 0 aliphatic heterocycles. The lowest BCUT2D eigenvalue weighted by Crippen LogP contribution is -2.23. The lowest BCUT2D eigenvalue weighted by atomic mass is 10.0. The average molecular weight is 253 g/mol. The Bertz CT molecular complexity index is 444. The van der Waals surface area contributed by atoms with Crippen molar-refractivity contribution >= 4 is 11.5 Å². The van der Waals surface area contributed by atoms with Crippen LogP contribution in [0.1, 0.15) is 36.2 Å². The molecule has 0 heterocycles. The van der Waals surface area contributed by atoms with Crippen LogP contribution in [0.5, 0.6) is 0 Å². The molecule has 0 aliphatic rings. The minimum Gasteiger partial charge on any atom is -0.393 e. The van der Waals surface area contributed by atoms with Crippen molar-refractivity contribution in [3.05, 3.63) is 29.1 Å².